The molecule has 8 N–H and O–H groups in total. The van der Waals surface area contributed by atoms with Crippen LogP contribution in [0.3, 0.4) is 0 Å². The van der Waals surface area contributed by atoms with Gasteiger partial charge in [-0.05, 0) is 64.0 Å². The number of nitriles is 2. The van der Waals surface area contributed by atoms with E-state index in [0.29, 0.717) is 69.7 Å². The maximum Gasteiger partial charge on any atom is 0.281 e. The van der Waals surface area contributed by atoms with Gasteiger partial charge in [-0.1, -0.05) is 35.3 Å². The quantitative estimate of drug-likeness (QED) is 0.128. The lowest BCUT2D eigenvalue weighted by atomic mass is 10.2. The van der Waals surface area contributed by atoms with Crippen molar-refractivity contribution in [3.8, 4) is 12.1 Å². The van der Waals surface area contributed by atoms with Crippen LogP contribution in [0.2, 0.25) is 10.0 Å². The van der Waals surface area contributed by atoms with Crippen LogP contribution in [0.5, 0.6) is 0 Å². The van der Waals surface area contributed by atoms with Crippen molar-refractivity contribution in [3.63, 3.8) is 0 Å². The number of nitrogens with two attached hydrogens (primary N) is 2. The van der Waals surface area contributed by atoms with Gasteiger partial charge in [-0.3, -0.25) is 9.59 Å². The summed E-state index contributed by atoms with van der Waals surface area (Å²) in [5, 5.41) is 37.3. The molecule has 62 heavy (non-hydrogen) atoms. The van der Waals surface area contributed by atoms with Crippen LogP contribution in [0.15, 0.2) is 58.6 Å². The Bertz CT molecular complexity index is 2610. The molecule has 0 radical (unpaired) electrons. The van der Waals surface area contributed by atoms with Gasteiger partial charge in [-0.2, -0.15) is 10.5 Å². The molecule has 8 rings (SSSR count). The van der Waals surface area contributed by atoms with Crippen LogP contribution in [-0.2, 0) is 0 Å². The van der Waals surface area contributed by atoms with Gasteiger partial charge in [0.15, 0.2) is 11.6 Å². The van der Waals surface area contributed by atoms with Crippen LogP contribution in [0, 0.1) is 22.7 Å². The smallest absolute Gasteiger partial charge is 0.281 e. The molecule has 2 aliphatic heterocycles. The molecule has 0 spiro atoms. The maximum atomic E-state index is 13.6. The second kappa shape index (κ2) is 19.3. The highest BCUT2D eigenvalue weighted by Gasteiger charge is 2.26. The van der Waals surface area contributed by atoms with Crippen LogP contribution in [0.1, 0.15) is 61.5 Å². The van der Waals surface area contributed by atoms with Crippen molar-refractivity contribution in [1.82, 2.24) is 49.9 Å². The van der Waals surface area contributed by atoms with E-state index in [1.165, 1.54) is 12.7 Å². The van der Waals surface area contributed by atoms with Crippen molar-refractivity contribution in [1.29, 1.82) is 10.5 Å². The summed E-state index contributed by atoms with van der Waals surface area (Å²) in [7, 11) is 0. The molecule has 2 aliphatic rings. The van der Waals surface area contributed by atoms with Gasteiger partial charge in [0.25, 0.3) is 11.1 Å². The zero-order valence-electron chi connectivity index (χ0n) is 33.9. The van der Waals surface area contributed by atoms with Crippen LogP contribution >= 0.6 is 23.2 Å². The summed E-state index contributed by atoms with van der Waals surface area (Å²) in [4.78, 5) is 52.7. The molecule has 0 unspecified atom stereocenters. The first-order valence-electron chi connectivity index (χ1n) is 19.9. The van der Waals surface area contributed by atoms with Crippen LogP contribution in [0.4, 0.5) is 23.3 Å². The van der Waals surface area contributed by atoms with E-state index in [1.807, 2.05) is 36.0 Å². The highest BCUT2D eigenvalue weighted by atomic mass is 35.5. The number of halogens is 2. The minimum absolute atomic E-state index is 0.0847. The molecule has 2 fully saturated rings. The molecular formula is C40H44Cl2N18O2. The van der Waals surface area contributed by atoms with E-state index in [1.54, 1.807) is 45.8 Å². The van der Waals surface area contributed by atoms with Crippen LogP contribution < -0.4 is 53.9 Å². The van der Waals surface area contributed by atoms with E-state index in [9.17, 15) is 20.1 Å². The molecule has 22 heteroatoms. The van der Waals surface area contributed by atoms with Gasteiger partial charge in [0, 0.05) is 39.3 Å². The topological polar surface area (TPSA) is 276 Å². The average Bonchev–Trinajstić information content (AvgIpc) is 3.70. The second-order valence-electron chi connectivity index (χ2n) is 14.5. The molecule has 0 amide bonds. The van der Waals surface area contributed by atoms with Crippen LogP contribution in [-0.4, -0.2) is 91.6 Å². The summed E-state index contributed by atoms with van der Waals surface area (Å²) < 4.78 is 3.19. The fraction of sp³-hybridized carbons (Fsp3) is 0.350. The Balaban J connectivity index is 0.000000186. The zero-order chi connectivity index (χ0) is 43.9. The second-order valence-corrected chi connectivity index (χ2v) is 15.3. The van der Waals surface area contributed by atoms with Crippen molar-refractivity contribution >= 4 is 68.3 Å². The average molecular weight is 880 g/mol. The Morgan fingerprint density at radius 1 is 0.661 bits per heavy atom. The number of aromatic nitrogens is 8. The maximum absolute atomic E-state index is 13.6. The lowest BCUT2D eigenvalue weighted by Crippen LogP contribution is -2.47. The van der Waals surface area contributed by atoms with E-state index in [-0.39, 0.29) is 45.5 Å². The van der Waals surface area contributed by atoms with Crippen molar-refractivity contribution in [2.75, 3.05) is 84.5 Å². The fourth-order valence-corrected chi connectivity index (χ4v) is 7.84. The number of nitrogen functional groups attached to an aromatic ring is 2. The SMILES string of the molecule is C[C@H](Nc1ncnc(N)c1C#N)c1nc2cccc(Cl)c2c(=O)n1N1CCCNCC1.C[C@H](Nc1ncnc(N)c1C#N)c1nc2cccc(Cl)c2c(=O)n1N1CCCNCC1. The van der Waals surface area contributed by atoms with E-state index >= 15 is 0 Å². The van der Waals surface area contributed by atoms with Crippen molar-refractivity contribution < 1.29 is 0 Å². The predicted octanol–water partition coefficient (Wildman–Crippen LogP) is 2.80. The van der Waals surface area contributed by atoms with E-state index in [4.69, 9.17) is 44.6 Å². The van der Waals surface area contributed by atoms with Gasteiger partial charge < -0.3 is 42.8 Å². The summed E-state index contributed by atoms with van der Waals surface area (Å²) in [6.07, 6.45) is 4.34. The number of rotatable bonds is 8. The van der Waals surface area contributed by atoms with Gasteiger partial charge >= 0.3 is 0 Å². The molecule has 6 heterocycles. The third-order valence-electron chi connectivity index (χ3n) is 10.4. The normalized spacial score (nSPS) is 15.3. The monoisotopic (exact) mass is 878 g/mol. The molecule has 2 aromatic carbocycles. The highest BCUT2D eigenvalue weighted by molar-refractivity contribution is 6.35. The van der Waals surface area contributed by atoms with Gasteiger partial charge in [0.2, 0.25) is 0 Å². The standard InChI is InChI=1S/2C20H22ClN9O/c2*1-12(27-18-13(10-22)17(23)25-11-26-18)19-28-15-5-2-4-14(21)16(15)20(31)30(19)29-8-3-6-24-7-9-29/h2*2,4-5,11-12,24H,3,6-9H2,1H3,(H3,23,25,26,27)/t2*12-/m00/s1. The molecule has 2 saturated heterocycles. The van der Waals surface area contributed by atoms with Crippen LogP contribution in [0.25, 0.3) is 21.8 Å². The predicted molar refractivity (Wildman–Crippen MR) is 239 cm³/mol. The van der Waals surface area contributed by atoms with Crippen molar-refractivity contribution in [3.05, 3.63) is 103 Å². The summed E-state index contributed by atoms with van der Waals surface area (Å²) in [6.45, 7) is 9.60. The minimum atomic E-state index is -0.464. The number of nitrogens with zero attached hydrogens (tertiary/aromatic N) is 12. The van der Waals surface area contributed by atoms with Gasteiger partial charge in [0.1, 0.15) is 59.2 Å². The third kappa shape index (κ3) is 8.94. The molecule has 20 nitrogen and oxygen atoms in total. The Morgan fingerprint density at radius 2 is 1.08 bits per heavy atom. The highest BCUT2D eigenvalue weighted by Crippen LogP contribution is 2.27. The third-order valence-corrected chi connectivity index (χ3v) is 11.0. The fourth-order valence-electron chi connectivity index (χ4n) is 7.34. The summed E-state index contributed by atoms with van der Waals surface area (Å²) in [6, 6.07) is 13.5. The first kappa shape index (κ1) is 43.3. The van der Waals surface area contributed by atoms with E-state index in [0.717, 1.165) is 39.0 Å². The van der Waals surface area contributed by atoms with E-state index in [2.05, 4.69) is 41.2 Å². The number of benzene rings is 2. The number of fused-ring (bicyclic) bond motifs is 2. The lowest BCUT2D eigenvalue weighted by molar-refractivity contribution is 0.535. The Labute approximate surface area is 365 Å². The number of anilines is 4. The summed E-state index contributed by atoms with van der Waals surface area (Å²) >= 11 is 12.7. The Hall–Kier alpha value is -6.84. The summed E-state index contributed by atoms with van der Waals surface area (Å²) in [5.41, 5.74) is 12.5. The molecule has 320 valence electrons. The van der Waals surface area contributed by atoms with Crippen molar-refractivity contribution in [2.24, 2.45) is 0 Å². The van der Waals surface area contributed by atoms with Gasteiger partial charge in [-0.15, -0.1) is 0 Å². The lowest BCUT2D eigenvalue weighted by Gasteiger charge is -2.29. The van der Waals surface area contributed by atoms with Gasteiger partial charge in [-0.25, -0.2) is 39.3 Å². The molecular weight excluding hydrogens is 835 g/mol. The molecule has 2 atom stereocenters. The van der Waals surface area contributed by atoms with Gasteiger partial charge in [0.05, 0.1) is 43.9 Å². The molecule has 4 aromatic heterocycles. The van der Waals surface area contributed by atoms with E-state index < -0.39 is 12.1 Å². The Morgan fingerprint density at radius 3 is 1.48 bits per heavy atom. The summed E-state index contributed by atoms with van der Waals surface area (Å²) in [5.74, 6) is 1.72. The van der Waals surface area contributed by atoms with Crippen molar-refractivity contribution in [2.45, 2.75) is 38.8 Å². The Kier molecular flexibility index (Phi) is 13.4. The molecule has 0 aliphatic carbocycles. The first-order chi connectivity index (χ1) is 30.0. The number of hydrogen-bond donors (Lipinski definition) is 6. The molecule has 6 aromatic rings. The molecule has 0 bridgehead atoms. The largest absolute Gasteiger partial charge is 0.382 e. The number of hydrogen-bond acceptors (Lipinski definition) is 18. The minimum Gasteiger partial charge on any atom is -0.382 e. The zero-order valence-corrected chi connectivity index (χ0v) is 35.5. The first-order valence-corrected chi connectivity index (χ1v) is 20.7. The molecule has 0 saturated carbocycles. The number of nitrogens with one attached hydrogen (secondary N) is 4.